The molecular formula is C8H15NO3S. The van der Waals surface area contributed by atoms with Crippen LogP contribution >= 0.6 is 11.8 Å². The highest BCUT2D eigenvalue weighted by Crippen LogP contribution is 2.09. The van der Waals surface area contributed by atoms with Crippen LogP contribution in [0.25, 0.3) is 0 Å². The van der Waals surface area contributed by atoms with E-state index in [0.717, 1.165) is 31.0 Å². The fraction of sp³-hybridized carbons (Fsp3) is 0.875. The Bertz CT molecular complexity index is 169. The van der Waals surface area contributed by atoms with Gasteiger partial charge in [0.05, 0.1) is 0 Å². The second-order valence-corrected chi connectivity index (χ2v) is 4.35. The van der Waals surface area contributed by atoms with Gasteiger partial charge in [0.2, 0.25) is 0 Å². The maximum absolute atomic E-state index is 10.4. The number of carbonyl (C=O) groups is 1. The molecule has 1 heterocycles. The summed E-state index contributed by atoms with van der Waals surface area (Å²) < 4.78 is 0. The summed E-state index contributed by atoms with van der Waals surface area (Å²) in [7, 11) is 0. The van der Waals surface area contributed by atoms with Crippen molar-refractivity contribution in [1.29, 1.82) is 0 Å². The summed E-state index contributed by atoms with van der Waals surface area (Å²) in [5.74, 6) is 1.04. The third-order valence-corrected chi connectivity index (χ3v) is 3.08. The molecule has 0 radical (unpaired) electrons. The van der Waals surface area contributed by atoms with Gasteiger partial charge in [-0.1, -0.05) is 0 Å². The van der Waals surface area contributed by atoms with Crippen molar-refractivity contribution in [2.45, 2.75) is 12.5 Å². The SMILES string of the molecule is O=C(O)C(O)CN1CCCSCC1. The van der Waals surface area contributed by atoms with E-state index in [1.54, 1.807) is 0 Å². The highest BCUT2D eigenvalue weighted by Gasteiger charge is 2.18. The predicted molar refractivity (Wildman–Crippen MR) is 52.0 cm³/mol. The van der Waals surface area contributed by atoms with Gasteiger partial charge in [0, 0.05) is 18.8 Å². The molecular weight excluding hydrogens is 190 g/mol. The molecule has 1 fully saturated rings. The molecule has 0 aromatic rings. The molecule has 4 nitrogen and oxygen atoms in total. The van der Waals surface area contributed by atoms with Crippen LogP contribution < -0.4 is 0 Å². The summed E-state index contributed by atoms with van der Waals surface area (Å²) in [6.07, 6.45) is -0.153. The average molecular weight is 205 g/mol. The molecule has 1 aliphatic heterocycles. The van der Waals surface area contributed by atoms with Crippen molar-refractivity contribution in [2.75, 3.05) is 31.1 Å². The molecule has 1 aliphatic rings. The number of thioether (sulfide) groups is 1. The first-order chi connectivity index (χ1) is 6.20. The molecule has 0 amide bonds. The third-order valence-electron chi connectivity index (χ3n) is 2.03. The molecule has 0 aromatic carbocycles. The number of β-amino-alcohol motifs (C(OH)–C–C–N with tert-alkyl or cyclic N) is 1. The predicted octanol–water partition coefficient (Wildman–Crippen LogP) is -0.129. The normalized spacial score (nSPS) is 22.2. The standard InChI is InChI=1S/C8H15NO3S/c10-7(8(11)12)6-9-2-1-4-13-5-3-9/h7,10H,1-6H2,(H,11,12). The molecule has 0 aromatic heterocycles. The smallest absolute Gasteiger partial charge is 0.333 e. The van der Waals surface area contributed by atoms with Gasteiger partial charge in [-0.2, -0.15) is 11.8 Å². The van der Waals surface area contributed by atoms with Gasteiger partial charge in [0.25, 0.3) is 0 Å². The Labute approximate surface area is 81.9 Å². The van der Waals surface area contributed by atoms with Gasteiger partial charge in [0.15, 0.2) is 6.10 Å². The summed E-state index contributed by atoms with van der Waals surface area (Å²) in [6.45, 7) is 2.04. The quantitative estimate of drug-likeness (QED) is 0.672. The monoisotopic (exact) mass is 205 g/mol. The lowest BCUT2D eigenvalue weighted by Crippen LogP contribution is -2.38. The first-order valence-electron chi connectivity index (χ1n) is 4.41. The summed E-state index contributed by atoms with van der Waals surface area (Å²) in [6, 6.07) is 0. The van der Waals surface area contributed by atoms with Gasteiger partial charge in [-0.25, -0.2) is 4.79 Å². The van der Waals surface area contributed by atoms with Crippen molar-refractivity contribution in [1.82, 2.24) is 4.90 Å². The van der Waals surface area contributed by atoms with Crippen LogP contribution in [0.15, 0.2) is 0 Å². The number of carboxylic acids is 1. The van der Waals surface area contributed by atoms with Gasteiger partial charge < -0.3 is 10.2 Å². The lowest BCUT2D eigenvalue weighted by atomic mass is 10.3. The molecule has 0 saturated carbocycles. The van der Waals surface area contributed by atoms with Crippen molar-refractivity contribution >= 4 is 17.7 Å². The number of carboxylic acid groups (broad SMARTS) is 1. The zero-order valence-electron chi connectivity index (χ0n) is 7.48. The maximum atomic E-state index is 10.4. The molecule has 0 bridgehead atoms. The molecule has 1 atom stereocenters. The Balaban J connectivity index is 2.29. The second kappa shape index (κ2) is 5.47. The van der Waals surface area contributed by atoms with E-state index in [9.17, 15) is 4.79 Å². The molecule has 76 valence electrons. The van der Waals surface area contributed by atoms with Crippen LogP contribution in [-0.2, 0) is 4.79 Å². The van der Waals surface area contributed by atoms with E-state index in [0.29, 0.717) is 0 Å². The van der Waals surface area contributed by atoms with Gasteiger partial charge in [0.1, 0.15) is 0 Å². The van der Waals surface area contributed by atoms with Gasteiger partial charge in [-0.15, -0.1) is 0 Å². The van der Waals surface area contributed by atoms with Crippen LogP contribution in [0.4, 0.5) is 0 Å². The van der Waals surface area contributed by atoms with E-state index >= 15 is 0 Å². The molecule has 2 N–H and O–H groups in total. The van der Waals surface area contributed by atoms with E-state index in [-0.39, 0.29) is 6.54 Å². The topological polar surface area (TPSA) is 60.8 Å². The minimum absolute atomic E-state index is 0.260. The molecule has 1 unspecified atom stereocenters. The van der Waals surface area contributed by atoms with E-state index in [4.69, 9.17) is 10.2 Å². The van der Waals surface area contributed by atoms with Crippen molar-refractivity contribution < 1.29 is 15.0 Å². The van der Waals surface area contributed by atoms with Gasteiger partial charge in [-0.3, -0.25) is 4.90 Å². The summed E-state index contributed by atoms with van der Waals surface area (Å²) in [5.41, 5.74) is 0. The van der Waals surface area contributed by atoms with E-state index in [1.807, 2.05) is 16.7 Å². The first-order valence-corrected chi connectivity index (χ1v) is 5.56. The summed E-state index contributed by atoms with van der Waals surface area (Å²) in [4.78, 5) is 12.4. The van der Waals surface area contributed by atoms with E-state index in [1.165, 1.54) is 0 Å². The molecule has 0 aliphatic carbocycles. The van der Waals surface area contributed by atoms with E-state index < -0.39 is 12.1 Å². The van der Waals surface area contributed by atoms with Crippen LogP contribution in [0.5, 0.6) is 0 Å². The maximum Gasteiger partial charge on any atom is 0.333 e. The highest BCUT2D eigenvalue weighted by atomic mass is 32.2. The first kappa shape index (κ1) is 10.8. The highest BCUT2D eigenvalue weighted by molar-refractivity contribution is 7.99. The van der Waals surface area contributed by atoms with Crippen molar-refractivity contribution in [2.24, 2.45) is 0 Å². The van der Waals surface area contributed by atoms with Crippen LogP contribution in [0.1, 0.15) is 6.42 Å². The van der Waals surface area contributed by atoms with Crippen LogP contribution in [0, 0.1) is 0 Å². The van der Waals surface area contributed by atoms with Gasteiger partial charge >= 0.3 is 5.97 Å². The Morgan fingerprint density at radius 1 is 1.46 bits per heavy atom. The largest absolute Gasteiger partial charge is 0.479 e. The molecule has 5 heteroatoms. The fourth-order valence-electron chi connectivity index (χ4n) is 1.30. The zero-order chi connectivity index (χ0) is 9.68. The summed E-state index contributed by atoms with van der Waals surface area (Å²) in [5, 5.41) is 17.6. The van der Waals surface area contributed by atoms with E-state index in [2.05, 4.69) is 0 Å². The number of nitrogens with zero attached hydrogens (tertiary/aromatic N) is 1. The van der Waals surface area contributed by atoms with Crippen molar-refractivity contribution in [3.63, 3.8) is 0 Å². The summed E-state index contributed by atoms with van der Waals surface area (Å²) >= 11 is 1.88. The number of aliphatic hydroxyl groups excluding tert-OH is 1. The number of hydrogen-bond acceptors (Lipinski definition) is 4. The Morgan fingerprint density at radius 2 is 2.23 bits per heavy atom. The fourth-order valence-corrected chi connectivity index (χ4v) is 2.23. The second-order valence-electron chi connectivity index (χ2n) is 3.12. The Hall–Kier alpha value is -0.260. The zero-order valence-corrected chi connectivity index (χ0v) is 8.29. The molecule has 1 rings (SSSR count). The molecule has 0 spiro atoms. The number of aliphatic carboxylic acids is 1. The van der Waals surface area contributed by atoms with Crippen molar-refractivity contribution in [3.8, 4) is 0 Å². The minimum Gasteiger partial charge on any atom is -0.479 e. The Morgan fingerprint density at radius 3 is 2.92 bits per heavy atom. The molecule has 13 heavy (non-hydrogen) atoms. The molecule has 1 saturated heterocycles. The van der Waals surface area contributed by atoms with Crippen molar-refractivity contribution in [3.05, 3.63) is 0 Å². The number of aliphatic hydroxyl groups is 1. The van der Waals surface area contributed by atoms with Crippen LogP contribution in [0.3, 0.4) is 0 Å². The lowest BCUT2D eigenvalue weighted by molar-refractivity contribution is -0.147. The third kappa shape index (κ3) is 3.97. The van der Waals surface area contributed by atoms with Crippen LogP contribution in [-0.4, -0.2) is 58.3 Å². The number of rotatable bonds is 3. The minimum atomic E-state index is -1.23. The lowest BCUT2D eigenvalue weighted by Gasteiger charge is -2.20. The number of hydrogen-bond donors (Lipinski definition) is 2. The van der Waals surface area contributed by atoms with Gasteiger partial charge in [-0.05, 0) is 18.7 Å². The van der Waals surface area contributed by atoms with Crippen LogP contribution in [0.2, 0.25) is 0 Å². The Kier molecular flexibility index (Phi) is 4.55. The average Bonchev–Trinajstić information content (AvgIpc) is 2.32.